The number of hydrogen-bond donors (Lipinski definition) is 5. The van der Waals surface area contributed by atoms with Crippen LogP contribution in [0.1, 0.15) is 100 Å². The number of phenolic OH excluding ortho intramolecular Hbond substituents is 1. The zero-order valence-electron chi connectivity index (χ0n) is 38.5. The number of aromatic amines is 1. The summed E-state index contributed by atoms with van der Waals surface area (Å²) in [4.78, 5) is 44.4. The second-order valence-corrected chi connectivity index (χ2v) is 24.8. The molecule has 2 bridgehead atoms. The number of nitrogens with one attached hydrogen (secondary N) is 4. The molecule has 2 atom stereocenters. The summed E-state index contributed by atoms with van der Waals surface area (Å²) in [6, 6.07) is 18.8. The van der Waals surface area contributed by atoms with E-state index in [2.05, 4.69) is 84.0 Å². The topological polar surface area (TPSA) is 154 Å². The van der Waals surface area contributed by atoms with E-state index in [-0.39, 0.29) is 47.0 Å². The molecule has 12 nitrogen and oxygen atoms in total. The summed E-state index contributed by atoms with van der Waals surface area (Å²) in [6.45, 7) is 15.5. The first-order valence-electron chi connectivity index (χ1n) is 23.2. The van der Waals surface area contributed by atoms with Crippen LogP contribution >= 0.6 is 11.6 Å². The standard InChI is InChI=1S/C50H68ClN5O7Si/c1-49(2,3)64(5,6)63-43(37-15-17-41(57)47-38(37)16-18-45(58)55-47)30-52-29-35-27-39(51)40(28-42(35)61-4)54-31-46(59)53-23-11-13-33-12-10-14-36(26-33)50(21-8-7-9-22-50)48(60)62-44-32-56-24-19-34(44)20-25-56/h10,12,14-18,26-28,34,43-44,52,54,57H,7-9,11,13,19-25,29-32H2,1-6H3,(H,53,59)(H,55,58)/t43-,44-/m0/s1. The Labute approximate surface area is 384 Å². The third-order valence-corrected chi connectivity index (χ3v) is 19.1. The Bertz CT molecular complexity index is 2330. The molecule has 4 heterocycles. The van der Waals surface area contributed by atoms with Crippen molar-refractivity contribution in [2.45, 2.75) is 121 Å². The maximum Gasteiger partial charge on any atom is 0.316 e. The smallest absolute Gasteiger partial charge is 0.316 e. The van der Waals surface area contributed by atoms with E-state index < -0.39 is 13.7 Å². The highest BCUT2D eigenvalue weighted by atomic mass is 35.5. The maximum atomic E-state index is 14.0. The van der Waals surface area contributed by atoms with Gasteiger partial charge in [0.15, 0.2) is 8.32 Å². The minimum Gasteiger partial charge on any atom is -0.506 e. The number of methoxy groups -OCH3 is 1. The Hall–Kier alpha value is -4.40. The number of anilines is 1. The number of benzene rings is 3. The highest BCUT2D eigenvalue weighted by Gasteiger charge is 2.46. The number of rotatable bonds is 18. The molecule has 1 aliphatic carbocycles. The average Bonchev–Trinajstić information content (AvgIpc) is 3.28. The van der Waals surface area contributed by atoms with Gasteiger partial charge in [-0.3, -0.25) is 19.3 Å². The van der Waals surface area contributed by atoms with Gasteiger partial charge < -0.3 is 39.9 Å². The zero-order valence-corrected chi connectivity index (χ0v) is 40.3. The predicted octanol–water partition coefficient (Wildman–Crippen LogP) is 8.75. The van der Waals surface area contributed by atoms with E-state index in [1.54, 1.807) is 25.3 Å². The van der Waals surface area contributed by atoms with Crippen LogP contribution in [0.25, 0.3) is 10.9 Å². The van der Waals surface area contributed by atoms with Crippen LogP contribution in [-0.4, -0.2) is 87.7 Å². The van der Waals surface area contributed by atoms with Crippen LogP contribution in [0.4, 0.5) is 5.69 Å². The zero-order chi connectivity index (χ0) is 45.6. The van der Waals surface area contributed by atoms with E-state index in [9.17, 15) is 19.5 Å². The lowest BCUT2D eigenvalue weighted by atomic mass is 9.69. The van der Waals surface area contributed by atoms with Crippen molar-refractivity contribution in [1.29, 1.82) is 0 Å². The molecule has 8 rings (SSSR count). The Morgan fingerprint density at radius 2 is 1.80 bits per heavy atom. The average molecular weight is 915 g/mol. The number of ether oxygens (including phenoxy) is 2. The van der Waals surface area contributed by atoms with Crippen LogP contribution in [0.15, 0.2) is 65.5 Å². The number of pyridine rings is 1. The fourth-order valence-electron chi connectivity index (χ4n) is 9.53. The second kappa shape index (κ2) is 20.4. The number of fused-ring (bicyclic) bond motifs is 4. The number of piperidine rings is 3. The van der Waals surface area contributed by atoms with E-state index in [4.69, 9.17) is 25.5 Å². The van der Waals surface area contributed by atoms with Gasteiger partial charge in [0.05, 0.1) is 41.4 Å². The third kappa shape index (κ3) is 11.0. The van der Waals surface area contributed by atoms with Crippen LogP contribution in [0.5, 0.6) is 11.5 Å². The molecule has 3 aliphatic heterocycles. The molecule has 3 aromatic carbocycles. The summed E-state index contributed by atoms with van der Waals surface area (Å²) in [7, 11) is -0.667. The number of nitrogens with zero attached hydrogens (tertiary/aromatic N) is 1. The van der Waals surface area contributed by atoms with Crippen molar-refractivity contribution in [1.82, 2.24) is 20.5 Å². The first-order chi connectivity index (χ1) is 30.6. The minimum absolute atomic E-state index is 0.00137. The third-order valence-electron chi connectivity index (χ3n) is 14.3. The van der Waals surface area contributed by atoms with Gasteiger partial charge in [0.1, 0.15) is 17.6 Å². The lowest BCUT2D eigenvalue weighted by Gasteiger charge is -2.45. The van der Waals surface area contributed by atoms with Crippen molar-refractivity contribution in [3.8, 4) is 11.5 Å². The molecule has 4 aliphatic rings. The fraction of sp³-hybridized carbons (Fsp3) is 0.540. The van der Waals surface area contributed by atoms with Gasteiger partial charge in [0.2, 0.25) is 11.5 Å². The maximum absolute atomic E-state index is 14.0. The van der Waals surface area contributed by atoms with Crippen LogP contribution in [0.3, 0.4) is 0 Å². The molecule has 1 amide bonds. The number of phenols is 1. The summed E-state index contributed by atoms with van der Waals surface area (Å²) in [5, 5.41) is 21.4. The molecule has 346 valence electrons. The molecule has 4 fully saturated rings. The Morgan fingerprint density at radius 3 is 2.50 bits per heavy atom. The largest absolute Gasteiger partial charge is 0.506 e. The van der Waals surface area contributed by atoms with Crippen LogP contribution in [0.2, 0.25) is 23.2 Å². The predicted molar refractivity (Wildman–Crippen MR) is 257 cm³/mol. The number of halogens is 1. The van der Waals surface area contributed by atoms with Gasteiger partial charge in [-0.25, -0.2) is 0 Å². The molecule has 3 saturated heterocycles. The number of hydrogen-bond acceptors (Lipinski definition) is 10. The Morgan fingerprint density at radius 1 is 1.03 bits per heavy atom. The molecule has 64 heavy (non-hydrogen) atoms. The van der Waals surface area contributed by atoms with Crippen molar-refractivity contribution >= 4 is 48.4 Å². The number of aromatic hydroxyl groups is 1. The van der Waals surface area contributed by atoms with Crippen LogP contribution in [-0.2, 0) is 37.1 Å². The van der Waals surface area contributed by atoms with Gasteiger partial charge in [0.25, 0.3) is 0 Å². The number of amides is 1. The van der Waals surface area contributed by atoms with Gasteiger partial charge in [-0.2, -0.15) is 0 Å². The van der Waals surface area contributed by atoms with Crippen molar-refractivity contribution in [2.75, 3.05) is 51.7 Å². The highest BCUT2D eigenvalue weighted by molar-refractivity contribution is 6.74. The first kappa shape index (κ1) is 47.6. The number of H-pyrrole nitrogens is 1. The highest BCUT2D eigenvalue weighted by Crippen LogP contribution is 2.44. The Kier molecular flexibility index (Phi) is 15.2. The van der Waals surface area contributed by atoms with Gasteiger partial charge in [-0.15, -0.1) is 0 Å². The van der Waals surface area contributed by atoms with E-state index in [0.29, 0.717) is 47.5 Å². The summed E-state index contributed by atoms with van der Waals surface area (Å²) in [6.07, 6.45) is 8.25. The molecular formula is C50H68ClN5O7Si. The second-order valence-electron chi connectivity index (χ2n) is 19.7. The van der Waals surface area contributed by atoms with E-state index in [0.717, 1.165) is 105 Å². The summed E-state index contributed by atoms with van der Waals surface area (Å²) in [5.41, 5.74) is 4.00. The molecule has 0 unspecified atom stereocenters. The van der Waals surface area contributed by atoms with Crippen molar-refractivity contribution < 1.29 is 28.6 Å². The van der Waals surface area contributed by atoms with Crippen molar-refractivity contribution in [3.05, 3.63) is 98.3 Å². The Balaban J connectivity index is 0.919. The molecule has 1 saturated carbocycles. The van der Waals surface area contributed by atoms with E-state index in [1.165, 1.54) is 6.07 Å². The van der Waals surface area contributed by atoms with Gasteiger partial charge >= 0.3 is 5.97 Å². The number of carbonyl (C=O) groups is 2. The number of aromatic nitrogens is 1. The quantitative estimate of drug-likeness (QED) is 0.0372. The van der Waals surface area contributed by atoms with Crippen LogP contribution in [0, 0.1) is 5.92 Å². The van der Waals surface area contributed by atoms with Gasteiger partial charge in [-0.05, 0) is 111 Å². The normalized spacial score (nSPS) is 20.1. The molecule has 5 N–H and O–H groups in total. The van der Waals surface area contributed by atoms with Crippen molar-refractivity contribution in [3.63, 3.8) is 0 Å². The first-order valence-corrected chi connectivity index (χ1v) is 26.5. The summed E-state index contributed by atoms with van der Waals surface area (Å²) >= 11 is 6.79. The number of carbonyl (C=O) groups excluding carboxylic acids is 2. The molecular weight excluding hydrogens is 846 g/mol. The molecule has 4 aromatic rings. The molecule has 14 heteroatoms. The number of esters is 1. The van der Waals surface area contributed by atoms with E-state index >= 15 is 0 Å². The van der Waals surface area contributed by atoms with Crippen LogP contribution < -0.4 is 26.2 Å². The molecule has 0 spiro atoms. The van der Waals surface area contributed by atoms with E-state index in [1.807, 2.05) is 12.1 Å². The minimum atomic E-state index is -2.27. The van der Waals surface area contributed by atoms with Gasteiger partial charge in [-0.1, -0.05) is 82.0 Å². The lowest BCUT2D eigenvalue weighted by molar-refractivity contribution is -0.167. The van der Waals surface area contributed by atoms with Crippen molar-refractivity contribution in [2.24, 2.45) is 5.92 Å². The monoisotopic (exact) mass is 913 g/mol. The fourth-order valence-corrected chi connectivity index (χ4v) is 11.1. The van der Waals surface area contributed by atoms with Gasteiger partial charge in [0, 0.05) is 49.3 Å². The molecule has 0 radical (unpaired) electrons. The summed E-state index contributed by atoms with van der Waals surface area (Å²) in [5.74, 6) is 0.908. The lowest BCUT2D eigenvalue weighted by Crippen LogP contribution is -2.53. The summed E-state index contributed by atoms with van der Waals surface area (Å²) < 4.78 is 19.1. The molecule has 1 aromatic heterocycles. The SMILES string of the molecule is COc1cc(NCC(=O)NCCCc2cccc(C3(C(=O)O[C@H]4CN5CCC4CC5)CCCCC3)c2)c(Cl)cc1CNC[C@H](O[Si](C)(C)C(C)(C)C)c1ccc(O)c2[nH]c(=O)ccc12. The number of aryl methyl sites for hydroxylation is 1.